The fourth-order valence-electron chi connectivity index (χ4n) is 2.16. The lowest BCUT2D eigenvalue weighted by Crippen LogP contribution is -2.33. The molecule has 1 aromatic rings. The lowest BCUT2D eigenvalue weighted by molar-refractivity contribution is 0.0893. The highest BCUT2D eigenvalue weighted by Crippen LogP contribution is 2.12. The SMILES string of the molecule is I.NC(=NCCCOCC1CCOC1)NCCc1cccs1. The predicted octanol–water partition coefficient (Wildman–Crippen LogP) is 2.26. The maximum atomic E-state index is 5.81. The number of nitrogens with one attached hydrogen (secondary N) is 1. The average Bonchev–Trinajstić information content (AvgIpc) is 3.16. The molecule has 1 aromatic heterocycles. The van der Waals surface area contributed by atoms with Crippen LogP contribution in [0, 0.1) is 5.92 Å². The van der Waals surface area contributed by atoms with E-state index < -0.39 is 0 Å². The van der Waals surface area contributed by atoms with Gasteiger partial charge in [0.2, 0.25) is 0 Å². The number of nitrogens with zero attached hydrogens (tertiary/aromatic N) is 1. The first-order valence-electron chi connectivity index (χ1n) is 7.56. The van der Waals surface area contributed by atoms with Crippen molar-refractivity contribution in [1.82, 2.24) is 5.32 Å². The number of guanidine groups is 1. The van der Waals surface area contributed by atoms with Crippen molar-refractivity contribution >= 4 is 41.3 Å². The molecule has 0 bridgehead atoms. The molecule has 0 aliphatic carbocycles. The molecule has 1 aliphatic heterocycles. The van der Waals surface area contributed by atoms with Crippen molar-refractivity contribution in [1.29, 1.82) is 0 Å². The van der Waals surface area contributed by atoms with Gasteiger partial charge in [0.15, 0.2) is 5.96 Å². The molecule has 0 spiro atoms. The Kier molecular flexibility index (Phi) is 10.8. The predicted molar refractivity (Wildman–Crippen MR) is 102 cm³/mol. The van der Waals surface area contributed by atoms with Crippen LogP contribution in [0.2, 0.25) is 0 Å². The molecule has 1 unspecified atom stereocenters. The van der Waals surface area contributed by atoms with E-state index in [1.54, 1.807) is 11.3 Å². The summed E-state index contributed by atoms with van der Waals surface area (Å²) in [4.78, 5) is 5.66. The highest BCUT2D eigenvalue weighted by atomic mass is 127. The smallest absolute Gasteiger partial charge is 0.188 e. The van der Waals surface area contributed by atoms with Crippen LogP contribution < -0.4 is 11.1 Å². The third-order valence-corrected chi connectivity index (χ3v) is 4.30. The van der Waals surface area contributed by atoms with Crippen LogP contribution in [-0.4, -0.2) is 45.5 Å². The fourth-order valence-corrected chi connectivity index (χ4v) is 2.86. The van der Waals surface area contributed by atoms with Gasteiger partial charge in [0.1, 0.15) is 0 Å². The average molecular weight is 439 g/mol. The number of halogens is 1. The first-order chi connectivity index (χ1) is 10.3. The molecule has 2 rings (SSSR count). The van der Waals surface area contributed by atoms with Gasteiger partial charge in [-0.3, -0.25) is 4.99 Å². The van der Waals surface area contributed by atoms with Gasteiger partial charge in [-0.15, -0.1) is 35.3 Å². The molecule has 3 N–H and O–H groups in total. The van der Waals surface area contributed by atoms with Crippen LogP contribution in [-0.2, 0) is 15.9 Å². The van der Waals surface area contributed by atoms with Crippen molar-refractivity contribution in [3.05, 3.63) is 22.4 Å². The minimum atomic E-state index is 0. The zero-order chi connectivity index (χ0) is 14.8. The van der Waals surface area contributed by atoms with Gasteiger partial charge in [0.05, 0.1) is 13.2 Å². The Hall–Kier alpha value is -0.380. The van der Waals surface area contributed by atoms with Crippen molar-refractivity contribution in [2.24, 2.45) is 16.6 Å². The van der Waals surface area contributed by atoms with Crippen molar-refractivity contribution in [2.75, 3.05) is 39.5 Å². The molecule has 126 valence electrons. The van der Waals surface area contributed by atoms with Crippen LogP contribution in [0.25, 0.3) is 0 Å². The largest absolute Gasteiger partial charge is 0.381 e. The van der Waals surface area contributed by atoms with Crippen molar-refractivity contribution in [3.8, 4) is 0 Å². The summed E-state index contributed by atoms with van der Waals surface area (Å²) in [7, 11) is 0. The fraction of sp³-hybridized carbons (Fsp3) is 0.667. The Morgan fingerprint density at radius 2 is 2.45 bits per heavy atom. The molecule has 0 aromatic carbocycles. The van der Waals surface area contributed by atoms with E-state index in [0.29, 0.717) is 18.4 Å². The highest BCUT2D eigenvalue weighted by molar-refractivity contribution is 14.0. The van der Waals surface area contributed by atoms with E-state index in [1.165, 1.54) is 4.88 Å². The van der Waals surface area contributed by atoms with Crippen molar-refractivity contribution in [2.45, 2.75) is 19.3 Å². The third kappa shape index (κ3) is 8.30. The molecule has 0 saturated carbocycles. The van der Waals surface area contributed by atoms with Crippen molar-refractivity contribution < 1.29 is 9.47 Å². The molecule has 2 heterocycles. The third-order valence-electron chi connectivity index (χ3n) is 3.36. The van der Waals surface area contributed by atoms with Gasteiger partial charge in [0, 0.05) is 37.1 Å². The molecule has 1 aliphatic rings. The van der Waals surface area contributed by atoms with Crippen LogP contribution in [0.3, 0.4) is 0 Å². The summed E-state index contributed by atoms with van der Waals surface area (Å²) < 4.78 is 10.9. The van der Waals surface area contributed by atoms with Crippen LogP contribution in [0.15, 0.2) is 22.5 Å². The number of hydrogen-bond donors (Lipinski definition) is 2. The van der Waals surface area contributed by atoms with E-state index in [-0.39, 0.29) is 24.0 Å². The van der Waals surface area contributed by atoms with Crippen LogP contribution >= 0.6 is 35.3 Å². The number of thiophene rings is 1. The number of rotatable bonds is 9. The second-order valence-electron chi connectivity index (χ2n) is 5.18. The van der Waals surface area contributed by atoms with Crippen LogP contribution in [0.1, 0.15) is 17.7 Å². The number of hydrogen-bond acceptors (Lipinski definition) is 4. The zero-order valence-corrected chi connectivity index (χ0v) is 16.0. The molecule has 0 amide bonds. The molecule has 7 heteroatoms. The van der Waals surface area contributed by atoms with E-state index in [4.69, 9.17) is 15.2 Å². The minimum absolute atomic E-state index is 0. The van der Waals surface area contributed by atoms with E-state index in [2.05, 4.69) is 27.8 Å². The van der Waals surface area contributed by atoms with Crippen LogP contribution in [0.4, 0.5) is 0 Å². The summed E-state index contributed by atoms with van der Waals surface area (Å²) in [6.45, 7) is 4.80. The first-order valence-corrected chi connectivity index (χ1v) is 8.44. The summed E-state index contributed by atoms with van der Waals surface area (Å²) >= 11 is 1.77. The standard InChI is InChI=1S/C15H25N3O2S.HI/c16-15(18-7-4-14-3-1-10-21-14)17-6-2-8-19-11-13-5-9-20-12-13;/h1,3,10,13H,2,4-9,11-12H2,(H3,16,17,18);1H. The molecule has 0 radical (unpaired) electrons. The van der Waals surface area contributed by atoms with Gasteiger partial charge in [0.25, 0.3) is 0 Å². The highest BCUT2D eigenvalue weighted by Gasteiger charge is 2.14. The Morgan fingerprint density at radius 1 is 1.55 bits per heavy atom. The molecule has 1 fully saturated rings. The quantitative estimate of drug-likeness (QED) is 0.268. The summed E-state index contributed by atoms with van der Waals surface area (Å²) in [5.74, 6) is 1.10. The molecular formula is C15H26IN3O2S. The Bertz CT molecular complexity index is 409. The van der Waals surface area contributed by atoms with E-state index >= 15 is 0 Å². The molecular weight excluding hydrogens is 413 g/mol. The second kappa shape index (κ2) is 12.1. The van der Waals surface area contributed by atoms with Gasteiger partial charge >= 0.3 is 0 Å². The van der Waals surface area contributed by atoms with E-state index in [0.717, 1.165) is 52.2 Å². The maximum Gasteiger partial charge on any atom is 0.188 e. The van der Waals surface area contributed by atoms with Gasteiger partial charge in [-0.1, -0.05) is 6.07 Å². The summed E-state index contributed by atoms with van der Waals surface area (Å²) in [5.41, 5.74) is 5.81. The monoisotopic (exact) mass is 439 g/mol. The normalized spacial score (nSPS) is 18.2. The second-order valence-corrected chi connectivity index (χ2v) is 6.21. The molecule has 1 saturated heterocycles. The Morgan fingerprint density at radius 3 is 3.18 bits per heavy atom. The number of aliphatic imine (C=N–C) groups is 1. The molecule has 1 atom stereocenters. The summed E-state index contributed by atoms with van der Waals surface area (Å²) in [6, 6.07) is 4.20. The Balaban J connectivity index is 0.00000242. The van der Waals surface area contributed by atoms with Gasteiger partial charge in [-0.05, 0) is 30.7 Å². The minimum Gasteiger partial charge on any atom is -0.381 e. The zero-order valence-electron chi connectivity index (χ0n) is 12.8. The van der Waals surface area contributed by atoms with Crippen molar-refractivity contribution in [3.63, 3.8) is 0 Å². The van der Waals surface area contributed by atoms with Gasteiger partial charge in [-0.25, -0.2) is 0 Å². The lowest BCUT2D eigenvalue weighted by Gasteiger charge is -2.08. The topological polar surface area (TPSA) is 68.9 Å². The van der Waals surface area contributed by atoms with Crippen LogP contribution in [0.5, 0.6) is 0 Å². The summed E-state index contributed by atoms with van der Waals surface area (Å²) in [5, 5.41) is 5.22. The van der Waals surface area contributed by atoms with Gasteiger partial charge in [-0.2, -0.15) is 0 Å². The van der Waals surface area contributed by atoms with E-state index in [9.17, 15) is 0 Å². The lowest BCUT2D eigenvalue weighted by atomic mass is 10.1. The van der Waals surface area contributed by atoms with Gasteiger partial charge < -0.3 is 20.5 Å². The first kappa shape index (κ1) is 19.7. The summed E-state index contributed by atoms with van der Waals surface area (Å²) in [6.07, 6.45) is 3.01. The molecule has 5 nitrogen and oxygen atoms in total. The van der Waals surface area contributed by atoms with E-state index in [1.807, 2.05) is 0 Å². The number of nitrogens with two attached hydrogens (primary N) is 1. The maximum absolute atomic E-state index is 5.81. The molecule has 22 heavy (non-hydrogen) atoms. The number of ether oxygens (including phenoxy) is 2. The Labute approximate surface area is 153 Å².